The smallest absolute Gasteiger partial charge is 0.252 e. The van der Waals surface area contributed by atoms with Crippen molar-refractivity contribution in [3.63, 3.8) is 0 Å². The minimum absolute atomic E-state index is 0.174. The zero-order valence-electron chi connectivity index (χ0n) is 31.8. The summed E-state index contributed by atoms with van der Waals surface area (Å²) < 4.78 is 0. The molecule has 10 N–H and O–H groups in total. The molecule has 0 aliphatic heterocycles. The summed E-state index contributed by atoms with van der Waals surface area (Å²) in [4.78, 5) is 25.2. The molecule has 0 spiro atoms. The van der Waals surface area contributed by atoms with Crippen molar-refractivity contribution in [2.45, 2.75) is 182 Å². The molecule has 0 aromatic carbocycles. The molecule has 0 saturated heterocycles. The molecule has 0 unspecified atom stereocenters. The summed E-state index contributed by atoms with van der Waals surface area (Å²) in [6.07, 6.45) is 1.20. The lowest BCUT2D eigenvalue weighted by Gasteiger charge is -2.47. The molecule has 0 fully saturated rings. The fourth-order valence-corrected chi connectivity index (χ4v) is 6.02. The molecule has 12 nitrogen and oxygen atoms in total. The first kappa shape index (κ1) is 45.7. The molecule has 0 saturated carbocycles. The van der Waals surface area contributed by atoms with E-state index in [0.29, 0.717) is 37.4 Å². The molecule has 0 aliphatic rings. The van der Waals surface area contributed by atoms with E-state index in [-0.39, 0.29) is 17.4 Å². The van der Waals surface area contributed by atoms with Crippen LogP contribution in [0.25, 0.3) is 0 Å². The first-order valence-electron chi connectivity index (χ1n) is 18.1. The van der Waals surface area contributed by atoms with Crippen LogP contribution < -0.4 is 21.3 Å². The van der Waals surface area contributed by atoms with Crippen molar-refractivity contribution in [2.24, 2.45) is 10.8 Å². The molecule has 12 heteroatoms. The summed E-state index contributed by atoms with van der Waals surface area (Å²) in [7, 11) is 0. The molecule has 0 aromatic rings. The van der Waals surface area contributed by atoms with Gasteiger partial charge in [0.2, 0.25) is 0 Å². The quantitative estimate of drug-likeness (QED) is 0.0405. The van der Waals surface area contributed by atoms with Crippen molar-refractivity contribution in [3.05, 3.63) is 0 Å². The van der Waals surface area contributed by atoms with E-state index in [1.54, 1.807) is 6.92 Å². The Labute approximate surface area is 291 Å². The monoisotopic (exact) mass is 685 g/mol. The van der Waals surface area contributed by atoms with Gasteiger partial charge in [0.15, 0.2) is 12.2 Å². The topological polar surface area (TPSA) is 211 Å². The molecule has 0 radical (unpaired) electrons. The van der Waals surface area contributed by atoms with Gasteiger partial charge in [-0.25, -0.2) is 0 Å². The molecule has 0 aromatic heterocycles. The predicted octanol–water partition coefficient (Wildman–Crippen LogP) is 4.13. The Hall–Kier alpha value is -2.28. The number of carbonyl (C=O) groups excluding carboxylic acids is 2. The minimum atomic E-state index is -2.08. The molecular weight excluding hydrogens is 612 g/mol. The van der Waals surface area contributed by atoms with E-state index < -0.39 is 47.3 Å². The Morgan fingerprint density at radius 3 is 1.52 bits per heavy atom. The maximum absolute atomic E-state index is 12.7. The van der Waals surface area contributed by atoms with Crippen LogP contribution >= 0.6 is 0 Å². The van der Waals surface area contributed by atoms with Crippen molar-refractivity contribution in [1.82, 2.24) is 21.3 Å². The van der Waals surface area contributed by atoms with Crippen LogP contribution in [0.2, 0.25) is 0 Å². The van der Waals surface area contributed by atoms with E-state index in [1.165, 1.54) is 0 Å². The number of amides is 2. The Balaban J connectivity index is 4.88. The lowest BCUT2D eigenvalue weighted by atomic mass is 9.65. The number of aliphatic hydroxyl groups excluding tert-OH is 4. The van der Waals surface area contributed by atoms with Gasteiger partial charge in [-0.15, -0.1) is 0 Å². The molecule has 4 atom stereocenters. The van der Waals surface area contributed by atoms with E-state index in [0.717, 1.165) is 57.9 Å². The van der Waals surface area contributed by atoms with Gasteiger partial charge in [-0.3, -0.25) is 20.4 Å². The number of carbonyl (C=O) groups is 2. The second-order valence-corrected chi connectivity index (χ2v) is 15.5. The highest BCUT2D eigenvalue weighted by molar-refractivity contribution is 5.83. The molecule has 0 bridgehead atoms. The van der Waals surface area contributed by atoms with E-state index in [9.17, 15) is 30.0 Å². The zero-order chi connectivity index (χ0) is 37.3. The van der Waals surface area contributed by atoms with Gasteiger partial charge in [-0.1, -0.05) is 61.3 Å². The van der Waals surface area contributed by atoms with Crippen molar-refractivity contribution in [2.75, 3.05) is 13.1 Å². The number of rotatable bonds is 24. The highest BCUT2D eigenvalue weighted by Gasteiger charge is 2.43. The summed E-state index contributed by atoms with van der Waals surface area (Å²) >= 11 is 0. The van der Waals surface area contributed by atoms with Crippen LogP contribution in [0, 0.1) is 21.6 Å². The van der Waals surface area contributed by atoms with Gasteiger partial charge >= 0.3 is 0 Å². The Kier molecular flexibility index (Phi) is 20.1. The first-order chi connectivity index (χ1) is 22.1. The number of hydrogen-bond donors (Lipinski definition) is 10. The van der Waals surface area contributed by atoms with Gasteiger partial charge in [0.05, 0.1) is 11.7 Å². The van der Waals surface area contributed by atoms with Crippen molar-refractivity contribution < 1.29 is 30.0 Å². The van der Waals surface area contributed by atoms with Gasteiger partial charge in [0, 0.05) is 37.0 Å². The summed E-state index contributed by atoms with van der Waals surface area (Å²) in [5.41, 5.74) is -1.15. The van der Waals surface area contributed by atoms with Gasteiger partial charge in [0.25, 0.3) is 11.8 Å². The molecular formula is C36H72N6O6. The number of unbranched alkanes of at least 4 members (excludes halogenated alkanes) is 3. The number of amidine groups is 2. The fourth-order valence-electron chi connectivity index (χ4n) is 6.02. The fraction of sp³-hybridized carbons (Fsp3) is 0.889. The SMILES string of the molecule is CCC(C)(CC)NC(=O)[C@@H](O)[C@H](O)[C@H](O)[C@@H](O)C(=O)NCCC(CC)(CC)C(C)(C)NC(=N)CCCCCCC(=N)NCCC(C)(C)C. The second-order valence-electron chi connectivity index (χ2n) is 15.5. The van der Waals surface area contributed by atoms with Crippen molar-refractivity contribution in [1.29, 1.82) is 10.8 Å². The van der Waals surface area contributed by atoms with E-state index in [1.807, 2.05) is 13.8 Å². The first-order valence-corrected chi connectivity index (χ1v) is 18.1. The van der Waals surface area contributed by atoms with Crippen LogP contribution in [0.5, 0.6) is 0 Å². The normalized spacial score (nSPS) is 15.2. The standard InChI is InChI=1S/C36H72N6O6/c1-11-35(10,12-2)42-32(48)30(46)28(44)27(43)29(45)31(47)40-24-22-36(13-3,14-4)34(8,9)41-26(38)20-18-16-15-17-19-25(37)39-23-21-33(5,6)7/h27-30,43-46H,11-24H2,1-10H3,(H2,37,39)(H2,38,41)(H,40,47)(H,42,48)/t27-,28+,29+,30-/m0/s1. The van der Waals surface area contributed by atoms with E-state index in [2.05, 4.69) is 69.7 Å². The zero-order valence-corrected chi connectivity index (χ0v) is 31.8. The second kappa shape index (κ2) is 21.1. The summed E-state index contributed by atoms with van der Waals surface area (Å²) in [5.74, 6) is -0.764. The van der Waals surface area contributed by atoms with Crippen LogP contribution in [-0.4, -0.2) is 92.5 Å². The third kappa shape index (κ3) is 15.5. The van der Waals surface area contributed by atoms with Crippen molar-refractivity contribution in [3.8, 4) is 0 Å². The average molecular weight is 685 g/mol. The molecule has 0 heterocycles. The molecule has 48 heavy (non-hydrogen) atoms. The maximum atomic E-state index is 12.7. The highest BCUT2D eigenvalue weighted by atomic mass is 16.4. The van der Waals surface area contributed by atoms with Crippen LogP contribution in [0.3, 0.4) is 0 Å². The van der Waals surface area contributed by atoms with Gasteiger partial charge in [0.1, 0.15) is 12.2 Å². The van der Waals surface area contributed by atoms with Crippen molar-refractivity contribution >= 4 is 23.5 Å². The summed E-state index contributed by atoms with van der Waals surface area (Å²) in [6.45, 7) is 21.4. The highest BCUT2D eigenvalue weighted by Crippen LogP contribution is 2.41. The summed E-state index contributed by atoms with van der Waals surface area (Å²) in [6, 6.07) is 0. The predicted molar refractivity (Wildman–Crippen MR) is 194 cm³/mol. The molecule has 0 aliphatic carbocycles. The van der Waals surface area contributed by atoms with Crippen LogP contribution in [0.15, 0.2) is 0 Å². The van der Waals surface area contributed by atoms with Crippen LogP contribution in [0.1, 0.15) is 146 Å². The number of nitrogens with one attached hydrogen (secondary N) is 6. The van der Waals surface area contributed by atoms with Gasteiger partial charge < -0.3 is 41.7 Å². The minimum Gasteiger partial charge on any atom is -0.387 e. The van der Waals surface area contributed by atoms with E-state index >= 15 is 0 Å². The Bertz CT molecular complexity index is 990. The molecule has 0 rings (SSSR count). The lowest BCUT2D eigenvalue weighted by molar-refractivity contribution is -0.156. The third-order valence-corrected chi connectivity index (χ3v) is 10.4. The maximum Gasteiger partial charge on any atom is 0.252 e. The van der Waals surface area contributed by atoms with Crippen LogP contribution in [0.4, 0.5) is 0 Å². The average Bonchev–Trinajstić information content (AvgIpc) is 3.02. The lowest BCUT2D eigenvalue weighted by Crippen LogP contribution is -2.58. The van der Waals surface area contributed by atoms with Gasteiger partial charge in [-0.05, 0) is 83.0 Å². The summed E-state index contributed by atoms with van der Waals surface area (Å²) in [5, 5.41) is 70.2. The number of hydrogen-bond acceptors (Lipinski definition) is 8. The molecule has 282 valence electrons. The largest absolute Gasteiger partial charge is 0.387 e. The Morgan fingerprint density at radius 1 is 0.604 bits per heavy atom. The van der Waals surface area contributed by atoms with Gasteiger partial charge in [-0.2, -0.15) is 0 Å². The third-order valence-electron chi connectivity index (χ3n) is 10.4. The molecule has 2 amide bonds. The van der Waals surface area contributed by atoms with E-state index in [4.69, 9.17) is 10.8 Å². The number of aliphatic hydroxyl groups is 4. The van der Waals surface area contributed by atoms with Crippen LogP contribution in [-0.2, 0) is 9.59 Å². The Morgan fingerprint density at radius 2 is 1.06 bits per heavy atom.